The summed E-state index contributed by atoms with van der Waals surface area (Å²) in [4.78, 5) is 17.6. The number of halogens is 1. The second-order valence-corrected chi connectivity index (χ2v) is 7.37. The van der Waals surface area contributed by atoms with Gasteiger partial charge in [0.1, 0.15) is 10.7 Å². The SMILES string of the molecule is Cc1nc(NS(=O)(=O)c2ccc(F)cc2)sc1C(=O)N(C)C. The number of nitrogens with one attached hydrogen (secondary N) is 1. The van der Waals surface area contributed by atoms with Gasteiger partial charge in [-0.15, -0.1) is 0 Å². The Hall–Kier alpha value is -2.00. The van der Waals surface area contributed by atoms with Crippen LogP contribution in [-0.4, -0.2) is 38.3 Å². The van der Waals surface area contributed by atoms with Gasteiger partial charge >= 0.3 is 0 Å². The maximum atomic E-state index is 12.9. The number of aryl methyl sites for hydroxylation is 1. The Morgan fingerprint density at radius 3 is 2.41 bits per heavy atom. The van der Waals surface area contributed by atoms with Gasteiger partial charge in [-0.2, -0.15) is 0 Å². The lowest BCUT2D eigenvalue weighted by molar-refractivity contribution is 0.0831. The third-order valence-electron chi connectivity index (χ3n) is 2.74. The molecule has 0 saturated heterocycles. The van der Waals surface area contributed by atoms with Gasteiger partial charge in [-0.3, -0.25) is 9.52 Å². The van der Waals surface area contributed by atoms with Gasteiger partial charge in [-0.1, -0.05) is 11.3 Å². The second-order valence-electron chi connectivity index (χ2n) is 4.69. The topological polar surface area (TPSA) is 79.4 Å². The Morgan fingerprint density at radius 1 is 1.27 bits per heavy atom. The molecule has 2 rings (SSSR count). The summed E-state index contributed by atoms with van der Waals surface area (Å²) in [5.74, 6) is -0.773. The number of thiazole rings is 1. The van der Waals surface area contributed by atoms with E-state index in [0.717, 1.165) is 35.6 Å². The van der Waals surface area contributed by atoms with Gasteiger partial charge < -0.3 is 4.90 Å². The summed E-state index contributed by atoms with van der Waals surface area (Å²) in [5.41, 5.74) is 0.445. The fourth-order valence-corrected chi connectivity index (χ4v) is 3.85. The van der Waals surface area contributed by atoms with Crippen LogP contribution in [-0.2, 0) is 10.0 Å². The fraction of sp³-hybridized carbons (Fsp3) is 0.231. The van der Waals surface area contributed by atoms with E-state index >= 15 is 0 Å². The summed E-state index contributed by atoms with van der Waals surface area (Å²) >= 11 is 0.954. The van der Waals surface area contributed by atoms with Gasteiger partial charge in [0.15, 0.2) is 5.13 Å². The number of amides is 1. The molecule has 1 aromatic carbocycles. The molecule has 1 amide bonds. The van der Waals surface area contributed by atoms with E-state index in [4.69, 9.17) is 0 Å². The highest BCUT2D eigenvalue weighted by Gasteiger charge is 2.21. The van der Waals surface area contributed by atoms with Crippen molar-refractivity contribution < 1.29 is 17.6 Å². The minimum absolute atomic E-state index is 0.0813. The summed E-state index contributed by atoms with van der Waals surface area (Å²) in [6.45, 7) is 1.63. The second kappa shape index (κ2) is 6.01. The smallest absolute Gasteiger partial charge is 0.265 e. The van der Waals surface area contributed by atoms with E-state index in [0.29, 0.717) is 10.6 Å². The zero-order valence-electron chi connectivity index (χ0n) is 12.1. The number of hydrogen-bond acceptors (Lipinski definition) is 5. The van der Waals surface area contributed by atoms with E-state index in [-0.39, 0.29) is 15.9 Å². The van der Waals surface area contributed by atoms with Gasteiger partial charge in [-0.05, 0) is 31.2 Å². The van der Waals surface area contributed by atoms with Gasteiger partial charge in [0, 0.05) is 14.1 Å². The third-order valence-corrected chi connectivity index (χ3v) is 5.29. The van der Waals surface area contributed by atoms with Crippen molar-refractivity contribution in [3.63, 3.8) is 0 Å². The lowest BCUT2D eigenvalue weighted by Crippen LogP contribution is -2.21. The van der Waals surface area contributed by atoms with Gasteiger partial charge in [-0.25, -0.2) is 17.8 Å². The first kappa shape index (κ1) is 16.4. The van der Waals surface area contributed by atoms with E-state index in [1.54, 1.807) is 21.0 Å². The molecule has 0 atom stereocenters. The van der Waals surface area contributed by atoms with Crippen molar-refractivity contribution in [3.8, 4) is 0 Å². The lowest BCUT2D eigenvalue weighted by atomic mass is 10.3. The number of carbonyl (C=O) groups is 1. The van der Waals surface area contributed by atoms with E-state index in [9.17, 15) is 17.6 Å². The molecule has 0 unspecified atom stereocenters. The van der Waals surface area contributed by atoms with E-state index in [1.165, 1.54) is 4.90 Å². The van der Waals surface area contributed by atoms with Crippen molar-refractivity contribution in [1.29, 1.82) is 0 Å². The molecule has 0 saturated carbocycles. The van der Waals surface area contributed by atoms with E-state index < -0.39 is 15.8 Å². The third kappa shape index (κ3) is 3.42. The molecule has 0 aliphatic heterocycles. The van der Waals surface area contributed by atoms with Crippen LogP contribution in [0, 0.1) is 12.7 Å². The van der Waals surface area contributed by atoms with Crippen LogP contribution in [0.4, 0.5) is 9.52 Å². The van der Waals surface area contributed by atoms with Gasteiger partial charge in [0.25, 0.3) is 15.9 Å². The first-order chi connectivity index (χ1) is 10.2. The Morgan fingerprint density at radius 2 is 1.86 bits per heavy atom. The molecule has 0 radical (unpaired) electrons. The molecule has 0 aliphatic rings. The molecule has 9 heteroatoms. The van der Waals surface area contributed by atoms with Crippen LogP contribution in [0.5, 0.6) is 0 Å². The molecule has 1 aromatic heterocycles. The van der Waals surface area contributed by atoms with Gasteiger partial charge in [0.05, 0.1) is 10.6 Å². The summed E-state index contributed by atoms with van der Waals surface area (Å²) in [7, 11) is -0.671. The normalized spacial score (nSPS) is 11.3. The molecular formula is C13H14FN3O3S2. The van der Waals surface area contributed by atoms with Crippen LogP contribution >= 0.6 is 11.3 Å². The summed E-state index contributed by atoms with van der Waals surface area (Å²) in [6, 6.07) is 4.43. The summed E-state index contributed by atoms with van der Waals surface area (Å²) < 4.78 is 39.5. The van der Waals surface area contributed by atoms with Crippen LogP contribution in [0.3, 0.4) is 0 Å². The number of nitrogens with zero attached hydrogens (tertiary/aromatic N) is 2. The quantitative estimate of drug-likeness (QED) is 0.922. The van der Waals surface area contributed by atoms with Gasteiger partial charge in [0.2, 0.25) is 0 Å². The average Bonchev–Trinajstić information content (AvgIpc) is 2.78. The Labute approximate surface area is 131 Å². The highest BCUT2D eigenvalue weighted by Crippen LogP contribution is 2.26. The number of carbonyl (C=O) groups excluding carboxylic acids is 1. The predicted octanol–water partition coefficient (Wildman–Crippen LogP) is 2.09. The van der Waals surface area contributed by atoms with Crippen molar-refractivity contribution in [2.24, 2.45) is 0 Å². The molecule has 0 spiro atoms. The summed E-state index contributed by atoms with van der Waals surface area (Å²) in [6.07, 6.45) is 0. The first-order valence-corrected chi connectivity index (χ1v) is 8.48. The number of hydrogen-bond donors (Lipinski definition) is 1. The number of sulfonamides is 1. The number of rotatable bonds is 4. The van der Waals surface area contributed by atoms with Crippen LogP contribution in [0.25, 0.3) is 0 Å². The molecule has 6 nitrogen and oxygen atoms in total. The monoisotopic (exact) mass is 343 g/mol. The first-order valence-electron chi connectivity index (χ1n) is 6.18. The molecule has 0 fully saturated rings. The average molecular weight is 343 g/mol. The van der Waals surface area contributed by atoms with Crippen molar-refractivity contribution in [1.82, 2.24) is 9.88 Å². The zero-order valence-corrected chi connectivity index (χ0v) is 13.8. The highest BCUT2D eigenvalue weighted by atomic mass is 32.2. The molecule has 0 bridgehead atoms. The lowest BCUT2D eigenvalue weighted by Gasteiger charge is -2.07. The number of anilines is 1. The molecule has 22 heavy (non-hydrogen) atoms. The Bertz CT molecular complexity index is 798. The molecule has 1 heterocycles. The van der Waals surface area contributed by atoms with Crippen LogP contribution in [0.1, 0.15) is 15.4 Å². The fourth-order valence-electron chi connectivity index (χ4n) is 1.63. The minimum Gasteiger partial charge on any atom is -0.344 e. The molecular weight excluding hydrogens is 329 g/mol. The molecule has 118 valence electrons. The van der Waals surface area contributed by atoms with Crippen LogP contribution < -0.4 is 4.72 Å². The highest BCUT2D eigenvalue weighted by molar-refractivity contribution is 7.93. The molecule has 1 N–H and O–H groups in total. The van der Waals surface area contributed by atoms with Crippen molar-refractivity contribution in [2.75, 3.05) is 18.8 Å². The van der Waals surface area contributed by atoms with Crippen LogP contribution in [0.2, 0.25) is 0 Å². The maximum absolute atomic E-state index is 12.9. The van der Waals surface area contributed by atoms with Crippen molar-refractivity contribution in [2.45, 2.75) is 11.8 Å². The molecule has 0 aliphatic carbocycles. The summed E-state index contributed by atoms with van der Waals surface area (Å²) in [5, 5.41) is 0.0898. The Balaban J connectivity index is 2.29. The van der Waals surface area contributed by atoms with E-state index in [1.807, 2.05) is 0 Å². The Kier molecular flexibility index (Phi) is 4.47. The minimum atomic E-state index is -3.87. The van der Waals surface area contributed by atoms with Crippen LogP contribution in [0.15, 0.2) is 29.2 Å². The van der Waals surface area contributed by atoms with Crippen molar-refractivity contribution >= 4 is 32.4 Å². The zero-order chi connectivity index (χ0) is 16.5. The largest absolute Gasteiger partial charge is 0.344 e. The molecule has 2 aromatic rings. The standard InChI is InChI=1S/C13H14FN3O3S2/c1-8-11(12(18)17(2)3)21-13(15-8)16-22(19,20)10-6-4-9(14)5-7-10/h4-7H,1-3H3,(H,15,16). The number of benzene rings is 1. The van der Waals surface area contributed by atoms with E-state index in [2.05, 4.69) is 9.71 Å². The maximum Gasteiger partial charge on any atom is 0.265 e. The number of aromatic nitrogens is 1. The predicted molar refractivity (Wildman–Crippen MR) is 82.1 cm³/mol. The van der Waals surface area contributed by atoms with Crippen molar-refractivity contribution in [3.05, 3.63) is 40.7 Å².